The van der Waals surface area contributed by atoms with Crippen LogP contribution in [0.15, 0.2) is 66.7 Å². The van der Waals surface area contributed by atoms with Crippen LogP contribution >= 0.6 is 12.2 Å². The molecule has 0 spiro atoms. The third-order valence-electron chi connectivity index (χ3n) is 5.60. The molecule has 1 aromatic heterocycles. The highest BCUT2D eigenvalue weighted by molar-refractivity contribution is 7.80. The van der Waals surface area contributed by atoms with Gasteiger partial charge in [0, 0.05) is 12.1 Å². The maximum Gasteiger partial charge on any atom is 0.274 e. The molecule has 163 valence electrons. The monoisotopic (exact) mass is 459 g/mol. The SMILES string of the molecule is C[n+]1c2ccccc2c(C(=S)Oc2ccc(C(C)(C)C)cc2O[Si](C)C)c2ccccc21. The molecule has 5 heteroatoms. The Morgan fingerprint density at radius 1 is 0.844 bits per heavy atom. The summed E-state index contributed by atoms with van der Waals surface area (Å²) in [6, 6.07) is 22.8. The van der Waals surface area contributed by atoms with Crippen molar-refractivity contribution in [3.05, 3.63) is 77.9 Å². The van der Waals surface area contributed by atoms with Crippen LogP contribution in [-0.4, -0.2) is 14.1 Å². The molecule has 0 saturated heterocycles. The van der Waals surface area contributed by atoms with E-state index >= 15 is 0 Å². The Bertz CT molecular complexity index is 1270. The minimum absolute atomic E-state index is 0.0200. The molecular formula is C27H29NO2SSi+. The molecule has 0 unspecified atom stereocenters. The summed E-state index contributed by atoms with van der Waals surface area (Å²) in [6.07, 6.45) is 0. The molecule has 0 bridgehead atoms. The first-order chi connectivity index (χ1) is 15.2. The summed E-state index contributed by atoms with van der Waals surface area (Å²) in [4.78, 5) is 0. The number of hydrogen-bond donors (Lipinski definition) is 0. The molecule has 0 aliphatic carbocycles. The second kappa shape index (κ2) is 8.64. The van der Waals surface area contributed by atoms with Crippen molar-refractivity contribution in [2.24, 2.45) is 7.05 Å². The lowest BCUT2D eigenvalue weighted by atomic mass is 9.87. The van der Waals surface area contributed by atoms with E-state index in [1.54, 1.807) is 0 Å². The van der Waals surface area contributed by atoms with Crippen molar-refractivity contribution in [1.82, 2.24) is 0 Å². The molecular weight excluding hydrogens is 430 g/mol. The standard InChI is InChI=1S/C27H29NO2SSi/c1-27(2,3)18-15-16-23(24(17-18)30-32(5)6)29-26(31)25-19-11-7-9-13-21(19)28(4)22-14-10-8-12-20(22)25/h7-17H,1-6H3/q+1. The van der Waals surface area contributed by atoms with Crippen LogP contribution < -0.4 is 13.7 Å². The second-order valence-corrected chi connectivity index (χ2v) is 11.7. The van der Waals surface area contributed by atoms with E-state index in [-0.39, 0.29) is 5.41 Å². The second-order valence-electron chi connectivity index (χ2n) is 9.28. The van der Waals surface area contributed by atoms with Crippen molar-refractivity contribution in [3.63, 3.8) is 0 Å². The number of benzene rings is 3. The van der Waals surface area contributed by atoms with Gasteiger partial charge < -0.3 is 9.16 Å². The van der Waals surface area contributed by atoms with Crippen molar-refractivity contribution in [3.8, 4) is 11.5 Å². The number of para-hydroxylation sites is 2. The first kappa shape index (κ1) is 22.4. The summed E-state index contributed by atoms with van der Waals surface area (Å²) >= 11 is 5.90. The quantitative estimate of drug-likeness (QED) is 0.151. The van der Waals surface area contributed by atoms with Crippen molar-refractivity contribution in [1.29, 1.82) is 0 Å². The Morgan fingerprint density at radius 3 is 1.94 bits per heavy atom. The van der Waals surface area contributed by atoms with Crippen molar-refractivity contribution in [2.75, 3.05) is 0 Å². The third kappa shape index (κ3) is 4.27. The van der Waals surface area contributed by atoms with Crippen LogP contribution in [-0.2, 0) is 12.5 Å². The highest BCUT2D eigenvalue weighted by atomic mass is 32.1. The van der Waals surface area contributed by atoms with Crippen molar-refractivity contribution >= 4 is 48.1 Å². The Labute approximate surface area is 197 Å². The first-order valence-corrected chi connectivity index (χ1v) is 13.6. The van der Waals surface area contributed by atoms with E-state index in [4.69, 9.17) is 21.4 Å². The number of ether oxygens (including phenoxy) is 1. The number of pyridine rings is 1. The summed E-state index contributed by atoms with van der Waals surface area (Å²) in [6.45, 7) is 10.8. The Hall–Kier alpha value is -2.76. The fourth-order valence-corrected chi connectivity index (χ4v) is 4.87. The van der Waals surface area contributed by atoms with Crippen molar-refractivity contribution in [2.45, 2.75) is 39.3 Å². The molecule has 0 fully saturated rings. The topological polar surface area (TPSA) is 22.3 Å². The summed E-state index contributed by atoms with van der Waals surface area (Å²) in [5.41, 5.74) is 4.38. The predicted molar refractivity (Wildman–Crippen MR) is 138 cm³/mol. The van der Waals surface area contributed by atoms with E-state index < -0.39 is 9.04 Å². The van der Waals surface area contributed by atoms with Gasteiger partial charge in [-0.15, -0.1) is 0 Å². The zero-order valence-electron chi connectivity index (χ0n) is 19.5. The molecule has 1 heterocycles. The maximum atomic E-state index is 6.37. The van der Waals surface area contributed by atoms with Crippen LogP contribution in [0.1, 0.15) is 31.9 Å². The van der Waals surface area contributed by atoms with Gasteiger partial charge in [0.2, 0.25) is 11.0 Å². The molecule has 3 aromatic carbocycles. The van der Waals surface area contributed by atoms with Gasteiger partial charge in [0.05, 0.1) is 16.3 Å². The van der Waals surface area contributed by atoms with Crippen LogP contribution in [0.4, 0.5) is 0 Å². The third-order valence-corrected chi connectivity index (χ3v) is 6.52. The molecule has 0 aliphatic rings. The van der Waals surface area contributed by atoms with Gasteiger partial charge >= 0.3 is 0 Å². The molecule has 4 aromatic rings. The Balaban J connectivity index is 1.85. The van der Waals surface area contributed by atoms with Gasteiger partial charge in [-0.05, 0) is 60.6 Å². The zero-order chi connectivity index (χ0) is 23.0. The maximum absolute atomic E-state index is 6.37. The van der Waals surface area contributed by atoms with Crippen LogP contribution in [0.2, 0.25) is 13.1 Å². The molecule has 0 saturated carbocycles. The number of aromatic nitrogens is 1. The predicted octanol–water partition coefficient (Wildman–Crippen LogP) is 6.50. The lowest BCUT2D eigenvalue weighted by Crippen LogP contribution is -2.31. The molecule has 0 amide bonds. The van der Waals surface area contributed by atoms with Gasteiger partial charge in [0.1, 0.15) is 12.8 Å². The largest absolute Gasteiger partial charge is 0.540 e. The number of hydrogen-bond acceptors (Lipinski definition) is 3. The van der Waals surface area contributed by atoms with Crippen LogP contribution in [0.3, 0.4) is 0 Å². The summed E-state index contributed by atoms with van der Waals surface area (Å²) in [7, 11) is 1.11. The average Bonchev–Trinajstić information content (AvgIpc) is 2.74. The number of thiocarbonyl (C=S) groups is 1. The van der Waals surface area contributed by atoms with E-state index in [1.165, 1.54) is 5.56 Å². The van der Waals surface area contributed by atoms with Crippen LogP contribution in [0, 0.1) is 0 Å². The summed E-state index contributed by atoms with van der Waals surface area (Å²) in [5.74, 6) is 1.42. The van der Waals surface area contributed by atoms with E-state index in [2.05, 4.69) is 81.9 Å². The van der Waals surface area contributed by atoms with Gasteiger partial charge in [-0.2, -0.15) is 4.57 Å². The molecule has 32 heavy (non-hydrogen) atoms. The fourth-order valence-electron chi connectivity index (χ4n) is 3.96. The van der Waals surface area contributed by atoms with Crippen LogP contribution in [0.5, 0.6) is 11.5 Å². The zero-order valence-corrected chi connectivity index (χ0v) is 21.3. The van der Waals surface area contributed by atoms with Gasteiger partial charge in [-0.25, -0.2) is 0 Å². The van der Waals surface area contributed by atoms with Crippen LogP contribution in [0.25, 0.3) is 21.8 Å². The number of fused-ring (bicyclic) bond motifs is 2. The Morgan fingerprint density at radius 2 is 1.41 bits per heavy atom. The first-order valence-electron chi connectivity index (χ1n) is 10.8. The molecule has 0 aliphatic heterocycles. The molecule has 0 atom stereocenters. The summed E-state index contributed by atoms with van der Waals surface area (Å²) < 4.78 is 14.8. The average molecular weight is 460 g/mol. The lowest BCUT2D eigenvalue weighted by Gasteiger charge is -2.22. The van der Waals surface area contributed by atoms with E-state index in [1.807, 2.05) is 30.3 Å². The van der Waals surface area contributed by atoms with E-state index in [9.17, 15) is 0 Å². The molecule has 4 rings (SSSR count). The van der Waals surface area contributed by atoms with Gasteiger partial charge in [-0.1, -0.05) is 51.1 Å². The van der Waals surface area contributed by atoms with Gasteiger partial charge in [0.15, 0.2) is 10.8 Å². The minimum Gasteiger partial charge on any atom is -0.540 e. The van der Waals surface area contributed by atoms with E-state index in [0.717, 1.165) is 33.1 Å². The van der Waals surface area contributed by atoms with Crippen molar-refractivity contribution < 1.29 is 13.7 Å². The normalized spacial score (nSPS) is 11.8. The number of aryl methyl sites for hydroxylation is 1. The fraction of sp³-hybridized carbons (Fsp3) is 0.259. The Kier molecular flexibility index (Phi) is 6.06. The van der Waals surface area contributed by atoms with Gasteiger partial charge in [-0.3, -0.25) is 0 Å². The van der Waals surface area contributed by atoms with E-state index in [0.29, 0.717) is 10.8 Å². The highest BCUT2D eigenvalue weighted by Gasteiger charge is 2.23. The molecule has 0 N–H and O–H groups in total. The number of rotatable bonds is 4. The molecule has 1 radical (unpaired) electrons. The number of nitrogens with zero attached hydrogens (tertiary/aromatic N) is 1. The minimum atomic E-state index is -0.970. The molecule has 3 nitrogen and oxygen atoms in total. The highest BCUT2D eigenvalue weighted by Crippen LogP contribution is 2.35. The van der Waals surface area contributed by atoms with Gasteiger partial charge in [0.25, 0.3) is 9.04 Å². The smallest absolute Gasteiger partial charge is 0.274 e. The lowest BCUT2D eigenvalue weighted by molar-refractivity contribution is -0.617. The summed E-state index contributed by atoms with van der Waals surface area (Å²) in [5, 5.41) is 2.60.